The lowest BCUT2D eigenvalue weighted by Crippen LogP contribution is -2.29. The first-order valence-corrected chi connectivity index (χ1v) is 9.64. The molecular formula is C19H32O6. The van der Waals surface area contributed by atoms with Gasteiger partial charge in [0, 0.05) is 7.11 Å². The summed E-state index contributed by atoms with van der Waals surface area (Å²) in [6.07, 6.45) is 9.11. The number of esters is 2. The highest BCUT2D eigenvalue weighted by atomic mass is 16.6. The SMILES string of the molecule is COCCOC(=O)C1CCC(C(=O)OCCOC2CCCCC2)CC1. The second kappa shape index (κ2) is 11.5. The maximum absolute atomic E-state index is 12.1. The third-order valence-corrected chi connectivity index (χ3v) is 5.16. The molecule has 6 heteroatoms. The average molecular weight is 356 g/mol. The Morgan fingerprint density at radius 1 is 0.720 bits per heavy atom. The molecule has 0 N–H and O–H groups in total. The van der Waals surface area contributed by atoms with Gasteiger partial charge in [-0.1, -0.05) is 19.3 Å². The molecule has 0 amide bonds. The predicted octanol–water partition coefficient (Wildman–Crippen LogP) is 2.87. The van der Waals surface area contributed by atoms with Crippen molar-refractivity contribution >= 4 is 11.9 Å². The molecule has 0 atom stereocenters. The first kappa shape index (κ1) is 20.2. The molecule has 2 rings (SSSR count). The summed E-state index contributed by atoms with van der Waals surface area (Å²) in [4.78, 5) is 24.0. The van der Waals surface area contributed by atoms with Crippen molar-refractivity contribution in [2.45, 2.75) is 63.9 Å². The maximum Gasteiger partial charge on any atom is 0.309 e. The van der Waals surface area contributed by atoms with Gasteiger partial charge in [0.1, 0.15) is 13.2 Å². The minimum Gasteiger partial charge on any atom is -0.463 e. The lowest BCUT2D eigenvalue weighted by Gasteiger charge is -2.26. The van der Waals surface area contributed by atoms with Crippen molar-refractivity contribution in [2.75, 3.05) is 33.5 Å². The summed E-state index contributed by atoms with van der Waals surface area (Å²) in [5.74, 6) is -0.531. The second-order valence-corrected chi connectivity index (χ2v) is 7.01. The van der Waals surface area contributed by atoms with Crippen molar-refractivity contribution in [2.24, 2.45) is 11.8 Å². The molecule has 0 aromatic rings. The average Bonchev–Trinajstić information content (AvgIpc) is 2.66. The maximum atomic E-state index is 12.1. The molecule has 2 aliphatic carbocycles. The topological polar surface area (TPSA) is 71.1 Å². The minimum absolute atomic E-state index is 0.0993. The van der Waals surface area contributed by atoms with Gasteiger partial charge < -0.3 is 18.9 Å². The fraction of sp³-hybridized carbons (Fsp3) is 0.895. The first-order valence-electron chi connectivity index (χ1n) is 9.64. The number of ether oxygens (including phenoxy) is 4. The zero-order valence-electron chi connectivity index (χ0n) is 15.4. The van der Waals surface area contributed by atoms with Crippen LogP contribution in [0.25, 0.3) is 0 Å². The monoisotopic (exact) mass is 356 g/mol. The van der Waals surface area contributed by atoms with E-state index in [0.717, 1.165) is 12.8 Å². The summed E-state index contributed by atoms with van der Waals surface area (Å²) in [5, 5.41) is 0. The highest BCUT2D eigenvalue weighted by Gasteiger charge is 2.31. The van der Waals surface area contributed by atoms with Crippen LogP contribution in [0, 0.1) is 11.8 Å². The number of rotatable bonds is 9. The molecule has 0 spiro atoms. The van der Waals surface area contributed by atoms with Gasteiger partial charge in [-0.25, -0.2) is 0 Å². The van der Waals surface area contributed by atoms with E-state index in [1.165, 1.54) is 19.3 Å². The van der Waals surface area contributed by atoms with Gasteiger partial charge in [0.15, 0.2) is 0 Å². The summed E-state index contributed by atoms with van der Waals surface area (Å²) < 4.78 is 21.1. The molecule has 0 saturated heterocycles. The first-order chi connectivity index (χ1) is 12.2. The molecule has 0 unspecified atom stereocenters. The van der Waals surface area contributed by atoms with Crippen molar-refractivity contribution in [1.82, 2.24) is 0 Å². The van der Waals surface area contributed by atoms with Crippen molar-refractivity contribution in [1.29, 1.82) is 0 Å². The third kappa shape index (κ3) is 7.32. The fourth-order valence-corrected chi connectivity index (χ4v) is 3.61. The van der Waals surface area contributed by atoms with E-state index in [1.54, 1.807) is 7.11 Å². The number of hydrogen-bond acceptors (Lipinski definition) is 6. The van der Waals surface area contributed by atoms with Crippen LogP contribution in [0.3, 0.4) is 0 Å². The molecule has 2 aliphatic rings. The zero-order valence-corrected chi connectivity index (χ0v) is 15.4. The number of methoxy groups -OCH3 is 1. The van der Waals surface area contributed by atoms with Crippen LogP contribution >= 0.6 is 0 Å². The molecule has 0 aliphatic heterocycles. The normalized spacial score (nSPS) is 24.7. The summed E-state index contributed by atoms with van der Waals surface area (Å²) in [6.45, 7) is 1.51. The van der Waals surface area contributed by atoms with E-state index in [0.29, 0.717) is 51.6 Å². The molecule has 0 radical (unpaired) electrons. The van der Waals surface area contributed by atoms with E-state index in [9.17, 15) is 9.59 Å². The van der Waals surface area contributed by atoms with Crippen LogP contribution in [0.1, 0.15) is 57.8 Å². The van der Waals surface area contributed by atoms with E-state index < -0.39 is 0 Å². The Balaban J connectivity index is 1.55. The molecule has 0 heterocycles. The van der Waals surface area contributed by atoms with E-state index in [4.69, 9.17) is 18.9 Å². The van der Waals surface area contributed by atoms with Crippen LogP contribution in [0.4, 0.5) is 0 Å². The number of carbonyl (C=O) groups is 2. The molecule has 2 fully saturated rings. The number of hydrogen-bond donors (Lipinski definition) is 0. The lowest BCUT2D eigenvalue weighted by molar-refractivity contribution is -0.157. The Labute approximate surface area is 150 Å². The summed E-state index contributed by atoms with van der Waals surface area (Å²) in [6, 6.07) is 0. The zero-order chi connectivity index (χ0) is 17.9. The van der Waals surface area contributed by atoms with Crippen molar-refractivity contribution in [3.8, 4) is 0 Å². The van der Waals surface area contributed by atoms with Gasteiger partial charge in [0.05, 0.1) is 31.2 Å². The van der Waals surface area contributed by atoms with Gasteiger partial charge in [-0.3, -0.25) is 9.59 Å². The van der Waals surface area contributed by atoms with Crippen LogP contribution in [-0.4, -0.2) is 51.6 Å². The van der Waals surface area contributed by atoms with E-state index in [-0.39, 0.29) is 30.4 Å². The van der Waals surface area contributed by atoms with Gasteiger partial charge >= 0.3 is 11.9 Å². The van der Waals surface area contributed by atoms with Crippen LogP contribution < -0.4 is 0 Å². The molecule has 2 saturated carbocycles. The quantitative estimate of drug-likeness (QED) is 0.467. The van der Waals surface area contributed by atoms with Crippen molar-refractivity contribution < 1.29 is 28.5 Å². The molecule has 144 valence electrons. The molecule has 0 aromatic carbocycles. The number of carbonyl (C=O) groups excluding carboxylic acids is 2. The van der Waals surface area contributed by atoms with Gasteiger partial charge in [0.25, 0.3) is 0 Å². The van der Waals surface area contributed by atoms with E-state index in [1.807, 2.05) is 0 Å². The van der Waals surface area contributed by atoms with Crippen molar-refractivity contribution in [3.63, 3.8) is 0 Å². The van der Waals surface area contributed by atoms with Gasteiger partial charge in [-0.15, -0.1) is 0 Å². The Kier molecular flexibility index (Phi) is 9.26. The molecule has 6 nitrogen and oxygen atoms in total. The highest BCUT2D eigenvalue weighted by Crippen LogP contribution is 2.30. The summed E-state index contributed by atoms with van der Waals surface area (Å²) >= 11 is 0. The van der Waals surface area contributed by atoms with Gasteiger partial charge in [0.2, 0.25) is 0 Å². The fourth-order valence-electron chi connectivity index (χ4n) is 3.61. The minimum atomic E-state index is -0.176. The van der Waals surface area contributed by atoms with E-state index >= 15 is 0 Å². The third-order valence-electron chi connectivity index (χ3n) is 5.16. The Hall–Kier alpha value is -1.14. The summed E-state index contributed by atoms with van der Waals surface area (Å²) in [7, 11) is 1.57. The largest absolute Gasteiger partial charge is 0.463 e. The smallest absolute Gasteiger partial charge is 0.309 e. The van der Waals surface area contributed by atoms with Gasteiger partial charge in [-0.2, -0.15) is 0 Å². The van der Waals surface area contributed by atoms with E-state index in [2.05, 4.69) is 0 Å². The second-order valence-electron chi connectivity index (χ2n) is 7.01. The van der Waals surface area contributed by atoms with Crippen LogP contribution in [0.5, 0.6) is 0 Å². The Morgan fingerprint density at radius 3 is 1.76 bits per heavy atom. The molecule has 25 heavy (non-hydrogen) atoms. The standard InChI is InChI=1S/C19H32O6/c1-22-11-12-24-18(20)15-7-9-16(10-8-15)19(21)25-14-13-23-17-5-3-2-4-6-17/h15-17H,2-14H2,1H3. The van der Waals surface area contributed by atoms with Crippen LogP contribution in [0.2, 0.25) is 0 Å². The Bertz CT molecular complexity index is 397. The lowest BCUT2D eigenvalue weighted by atomic mass is 9.82. The molecule has 0 bridgehead atoms. The molecule has 0 aromatic heterocycles. The van der Waals surface area contributed by atoms with Crippen LogP contribution in [0.15, 0.2) is 0 Å². The van der Waals surface area contributed by atoms with Crippen molar-refractivity contribution in [3.05, 3.63) is 0 Å². The Morgan fingerprint density at radius 2 is 1.24 bits per heavy atom. The van der Waals surface area contributed by atoms with Crippen LogP contribution in [-0.2, 0) is 28.5 Å². The molecular weight excluding hydrogens is 324 g/mol. The summed E-state index contributed by atoms with van der Waals surface area (Å²) in [5.41, 5.74) is 0. The highest BCUT2D eigenvalue weighted by molar-refractivity contribution is 5.75. The predicted molar refractivity (Wildman–Crippen MR) is 92.1 cm³/mol. The van der Waals surface area contributed by atoms with Gasteiger partial charge in [-0.05, 0) is 38.5 Å².